The predicted molar refractivity (Wildman–Crippen MR) is 70.1 cm³/mol. The van der Waals surface area contributed by atoms with Crippen LogP contribution in [0, 0.1) is 10.1 Å². The lowest BCUT2D eigenvalue weighted by Gasteiger charge is -2.04. The topological polar surface area (TPSA) is 107 Å². The Hall–Kier alpha value is -2.41. The number of nitrogens with zero attached hydrogens (tertiary/aromatic N) is 3. The highest BCUT2D eigenvalue weighted by molar-refractivity contribution is 5.85. The van der Waals surface area contributed by atoms with Crippen molar-refractivity contribution in [1.82, 2.24) is 9.97 Å². The number of anilines is 3. The van der Waals surface area contributed by atoms with Gasteiger partial charge >= 0.3 is 0 Å². The smallest absolute Gasteiger partial charge is 0.269 e. The summed E-state index contributed by atoms with van der Waals surface area (Å²) in [5.74, 6) is 0.697. The number of hydrogen-bond acceptors (Lipinski definition) is 6. The molecule has 0 aliphatic heterocycles. The van der Waals surface area contributed by atoms with Crippen LogP contribution in [0.5, 0.6) is 0 Å². The Labute approximate surface area is 109 Å². The molecular formula is C10H10ClN5O2. The zero-order chi connectivity index (χ0) is 12.3. The van der Waals surface area contributed by atoms with E-state index in [1.54, 1.807) is 18.2 Å². The van der Waals surface area contributed by atoms with Gasteiger partial charge in [0, 0.05) is 24.0 Å². The molecule has 3 N–H and O–H groups in total. The van der Waals surface area contributed by atoms with Gasteiger partial charge in [-0.3, -0.25) is 10.1 Å². The Balaban J connectivity index is 0.00000162. The maximum absolute atomic E-state index is 10.5. The standard InChI is InChI=1S/C10H9N5O2.ClH/c11-10-12-6-5-9(14-10)13-7-1-3-8(4-2-7)15(16)17;/h1-6H,(H3,11,12,13,14);1H. The van der Waals surface area contributed by atoms with E-state index in [4.69, 9.17) is 5.73 Å². The normalized spacial score (nSPS) is 9.33. The van der Waals surface area contributed by atoms with Gasteiger partial charge in [0.05, 0.1) is 4.92 Å². The van der Waals surface area contributed by atoms with Crippen LogP contribution in [0.3, 0.4) is 0 Å². The summed E-state index contributed by atoms with van der Waals surface area (Å²) in [6.07, 6.45) is 1.52. The van der Waals surface area contributed by atoms with Gasteiger partial charge in [0.25, 0.3) is 5.69 Å². The van der Waals surface area contributed by atoms with Gasteiger partial charge in [0.1, 0.15) is 5.82 Å². The third-order valence-corrected chi connectivity index (χ3v) is 2.02. The molecule has 1 aromatic carbocycles. The largest absolute Gasteiger partial charge is 0.368 e. The molecule has 0 saturated heterocycles. The Kier molecular flexibility index (Phi) is 4.39. The molecule has 0 radical (unpaired) electrons. The van der Waals surface area contributed by atoms with Gasteiger partial charge in [-0.15, -0.1) is 12.4 Å². The van der Waals surface area contributed by atoms with Crippen LogP contribution in [-0.2, 0) is 0 Å². The minimum atomic E-state index is -0.452. The lowest BCUT2D eigenvalue weighted by Crippen LogP contribution is -1.99. The van der Waals surface area contributed by atoms with Gasteiger partial charge in [-0.2, -0.15) is 4.98 Å². The zero-order valence-electron chi connectivity index (χ0n) is 9.11. The van der Waals surface area contributed by atoms with E-state index in [1.807, 2.05) is 0 Å². The van der Waals surface area contributed by atoms with Crippen LogP contribution in [0.2, 0.25) is 0 Å². The number of benzene rings is 1. The fraction of sp³-hybridized carbons (Fsp3) is 0. The van der Waals surface area contributed by atoms with Crippen LogP contribution in [0.25, 0.3) is 0 Å². The first-order valence-electron chi connectivity index (χ1n) is 4.75. The lowest BCUT2D eigenvalue weighted by atomic mass is 10.3. The molecule has 2 rings (SSSR count). The van der Waals surface area contributed by atoms with E-state index in [1.165, 1.54) is 18.3 Å². The van der Waals surface area contributed by atoms with E-state index >= 15 is 0 Å². The number of nitro groups is 1. The van der Waals surface area contributed by atoms with Crippen molar-refractivity contribution in [2.24, 2.45) is 0 Å². The van der Waals surface area contributed by atoms with Gasteiger partial charge in [0.15, 0.2) is 0 Å². The summed E-state index contributed by atoms with van der Waals surface area (Å²) < 4.78 is 0. The molecular weight excluding hydrogens is 258 g/mol. The highest BCUT2D eigenvalue weighted by Crippen LogP contribution is 2.18. The van der Waals surface area contributed by atoms with E-state index in [0.717, 1.165) is 0 Å². The molecule has 8 heteroatoms. The second-order valence-corrected chi connectivity index (χ2v) is 3.23. The van der Waals surface area contributed by atoms with Gasteiger partial charge in [0.2, 0.25) is 5.95 Å². The molecule has 0 fully saturated rings. The van der Waals surface area contributed by atoms with Crippen LogP contribution in [0.15, 0.2) is 36.5 Å². The first-order valence-corrected chi connectivity index (χ1v) is 4.75. The van der Waals surface area contributed by atoms with E-state index in [-0.39, 0.29) is 24.0 Å². The van der Waals surface area contributed by atoms with Crippen LogP contribution in [-0.4, -0.2) is 14.9 Å². The Morgan fingerprint density at radius 1 is 1.22 bits per heavy atom. The average Bonchev–Trinajstić information content (AvgIpc) is 2.29. The third kappa shape index (κ3) is 3.29. The molecule has 2 aromatic rings. The van der Waals surface area contributed by atoms with E-state index in [2.05, 4.69) is 15.3 Å². The summed E-state index contributed by atoms with van der Waals surface area (Å²) in [6.45, 7) is 0. The van der Waals surface area contributed by atoms with Crippen molar-refractivity contribution >= 4 is 35.5 Å². The molecule has 0 spiro atoms. The Morgan fingerprint density at radius 3 is 2.44 bits per heavy atom. The van der Waals surface area contributed by atoms with Crippen molar-refractivity contribution < 1.29 is 4.92 Å². The highest BCUT2D eigenvalue weighted by Gasteiger charge is 2.04. The number of rotatable bonds is 3. The fourth-order valence-corrected chi connectivity index (χ4v) is 1.26. The summed E-state index contributed by atoms with van der Waals surface area (Å²) >= 11 is 0. The molecule has 0 aliphatic rings. The second-order valence-electron chi connectivity index (χ2n) is 3.23. The molecule has 0 atom stereocenters. The highest BCUT2D eigenvalue weighted by atomic mass is 35.5. The molecule has 0 saturated carbocycles. The fourth-order valence-electron chi connectivity index (χ4n) is 1.26. The third-order valence-electron chi connectivity index (χ3n) is 2.02. The number of hydrogen-bond donors (Lipinski definition) is 2. The predicted octanol–water partition coefficient (Wildman–Crippen LogP) is 2.13. The SMILES string of the molecule is Cl.Nc1nccc(Nc2ccc([N+](=O)[O-])cc2)n1. The maximum Gasteiger partial charge on any atom is 0.269 e. The number of nitrogens with two attached hydrogens (primary N) is 1. The number of aromatic nitrogens is 2. The van der Waals surface area contributed by atoms with Crippen LogP contribution >= 0.6 is 12.4 Å². The molecule has 7 nitrogen and oxygen atoms in total. The molecule has 94 valence electrons. The van der Waals surface area contributed by atoms with Crippen LogP contribution in [0.1, 0.15) is 0 Å². The molecule has 0 unspecified atom stereocenters. The minimum Gasteiger partial charge on any atom is -0.368 e. The summed E-state index contributed by atoms with van der Waals surface area (Å²) in [6, 6.07) is 7.66. The molecule has 0 bridgehead atoms. The number of nitro benzene ring substituents is 1. The van der Waals surface area contributed by atoms with Crippen molar-refractivity contribution in [1.29, 1.82) is 0 Å². The molecule has 18 heavy (non-hydrogen) atoms. The molecule has 0 amide bonds. The molecule has 1 heterocycles. The summed E-state index contributed by atoms with van der Waals surface area (Å²) in [5.41, 5.74) is 6.15. The van der Waals surface area contributed by atoms with Gasteiger partial charge in [-0.1, -0.05) is 0 Å². The van der Waals surface area contributed by atoms with Crippen LogP contribution in [0.4, 0.5) is 23.1 Å². The Bertz CT molecular complexity index is 546. The number of halogens is 1. The van der Waals surface area contributed by atoms with Crippen LogP contribution < -0.4 is 11.1 Å². The maximum atomic E-state index is 10.5. The van der Waals surface area contributed by atoms with Crippen molar-refractivity contribution in [3.8, 4) is 0 Å². The van der Waals surface area contributed by atoms with E-state index < -0.39 is 4.92 Å². The summed E-state index contributed by atoms with van der Waals surface area (Å²) in [5, 5.41) is 13.4. The lowest BCUT2D eigenvalue weighted by molar-refractivity contribution is -0.384. The van der Waals surface area contributed by atoms with Crippen molar-refractivity contribution in [3.05, 3.63) is 46.6 Å². The van der Waals surface area contributed by atoms with Crippen molar-refractivity contribution in [2.45, 2.75) is 0 Å². The van der Waals surface area contributed by atoms with Crippen molar-refractivity contribution in [2.75, 3.05) is 11.1 Å². The van der Waals surface area contributed by atoms with Gasteiger partial charge in [-0.05, 0) is 18.2 Å². The minimum absolute atomic E-state index is 0. The molecule has 0 aliphatic carbocycles. The summed E-state index contributed by atoms with van der Waals surface area (Å²) in [4.78, 5) is 17.7. The summed E-state index contributed by atoms with van der Waals surface area (Å²) in [7, 11) is 0. The first-order chi connectivity index (χ1) is 8.15. The molecule has 1 aromatic heterocycles. The van der Waals surface area contributed by atoms with E-state index in [9.17, 15) is 10.1 Å². The van der Waals surface area contributed by atoms with Gasteiger partial charge < -0.3 is 11.1 Å². The number of nitrogens with one attached hydrogen (secondary N) is 1. The monoisotopic (exact) mass is 267 g/mol. The quantitative estimate of drug-likeness (QED) is 0.652. The van der Waals surface area contributed by atoms with Gasteiger partial charge in [-0.25, -0.2) is 4.98 Å². The zero-order valence-corrected chi connectivity index (χ0v) is 9.92. The Morgan fingerprint density at radius 2 is 1.89 bits per heavy atom. The van der Waals surface area contributed by atoms with Crippen molar-refractivity contribution in [3.63, 3.8) is 0 Å². The number of nitrogen functional groups attached to an aromatic ring is 1. The second kappa shape index (κ2) is 5.78. The average molecular weight is 268 g/mol. The van der Waals surface area contributed by atoms with E-state index in [0.29, 0.717) is 11.5 Å². The number of non-ortho nitro benzene ring substituents is 1. The first kappa shape index (κ1) is 13.7.